The number of carboxylic acid groups (broad SMARTS) is 1. The average Bonchev–Trinajstić information content (AvgIpc) is 3.78. The van der Waals surface area contributed by atoms with E-state index in [2.05, 4.69) is 69.9 Å². The predicted octanol–water partition coefficient (Wildman–Crippen LogP) is 2.43. The highest BCUT2D eigenvalue weighted by Gasteiger charge is 2.08. The lowest BCUT2D eigenvalue weighted by molar-refractivity contribution is 0.0683. The minimum atomic E-state index is -1.09. The Hall–Kier alpha value is -5.30. The molecule has 8 N–H and O–H groups in total. The zero-order valence-electron chi connectivity index (χ0n) is 20.9. The second-order valence-electron chi connectivity index (χ2n) is 8.24. The summed E-state index contributed by atoms with van der Waals surface area (Å²) in [5.74, 6) is -1.23. The van der Waals surface area contributed by atoms with Crippen LogP contribution in [-0.4, -0.2) is 70.4 Å². The van der Waals surface area contributed by atoms with Crippen LogP contribution in [0.15, 0.2) is 73.6 Å². The number of benzene rings is 2. The largest absolute Gasteiger partial charge is 0.475 e. The number of aromatic carboxylic acids is 1. The Morgan fingerprint density at radius 1 is 0.795 bits per heavy atom. The summed E-state index contributed by atoms with van der Waals surface area (Å²) in [6.45, 7) is 1.27. The highest BCUT2D eigenvalue weighted by Crippen LogP contribution is 2.18. The van der Waals surface area contributed by atoms with Crippen molar-refractivity contribution in [3.63, 3.8) is 0 Å². The highest BCUT2D eigenvalue weighted by atomic mass is 16.4. The number of carbonyl (C=O) groups is 2. The van der Waals surface area contributed by atoms with E-state index in [1.807, 2.05) is 36.7 Å². The number of nitrogens with one attached hydrogen (secondary N) is 5. The Labute approximate surface area is 222 Å². The third kappa shape index (κ3) is 7.14. The maximum atomic E-state index is 11.6. The van der Waals surface area contributed by atoms with Gasteiger partial charge >= 0.3 is 5.97 Å². The Morgan fingerprint density at radius 3 is 1.82 bits per heavy atom. The molecule has 0 radical (unpaired) electrons. The van der Waals surface area contributed by atoms with Gasteiger partial charge in [0.25, 0.3) is 5.91 Å². The molecule has 0 bridgehead atoms. The Balaban J connectivity index is 0.000000150. The summed E-state index contributed by atoms with van der Waals surface area (Å²) >= 11 is 0. The molecule has 1 amide bonds. The molecule has 0 aliphatic heterocycles. The molecule has 200 valence electrons. The third-order valence-electron chi connectivity index (χ3n) is 5.69. The lowest BCUT2D eigenvalue weighted by Gasteiger charge is -2.02. The van der Waals surface area contributed by atoms with Crippen LogP contribution in [0, 0.1) is 0 Å². The zero-order valence-corrected chi connectivity index (χ0v) is 20.9. The van der Waals surface area contributed by atoms with E-state index in [-0.39, 0.29) is 17.6 Å². The molecule has 0 aliphatic carbocycles. The van der Waals surface area contributed by atoms with Gasteiger partial charge in [0, 0.05) is 40.7 Å². The van der Waals surface area contributed by atoms with Gasteiger partial charge in [-0.15, -0.1) is 0 Å². The summed E-state index contributed by atoms with van der Waals surface area (Å²) in [5, 5.41) is 25.1. The molecule has 0 atom stereocenters. The predicted molar refractivity (Wildman–Crippen MR) is 145 cm³/mol. The number of amides is 1. The van der Waals surface area contributed by atoms with Gasteiger partial charge in [0.05, 0.1) is 0 Å². The van der Waals surface area contributed by atoms with Crippen molar-refractivity contribution in [2.45, 2.75) is 12.8 Å². The number of para-hydroxylation sites is 2. The highest BCUT2D eigenvalue weighted by molar-refractivity contribution is 5.90. The Kier molecular flexibility index (Phi) is 9.13. The Bertz CT molecular complexity index is 1600. The van der Waals surface area contributed by atoms with Crippen LogP contribution in [0.3, 0.4) is 0 Å². The van der Waals surface area contributed by atoms with Gasteiger partial charge in [-0.3, -0.25) is 15.0 Å². The van der Waals surface area contributed by atoms with Crippen molar-refractivity contribution in [1.82, 2.24) is 45.6 Å². The molecule has 0 aliphatic rings. The summed E-state index contributed by atoms with van der Waals surface area (Å²) in [7, 11) is 0. The van der Waals surface area contributed by atoms with Crippen LogP contribution in [-0.2, 0) is 12.8 Å². The molecule has 13 nitrogen and oxygen atoms in total. The molecule has 0 spiro atoms. The average molecular weight is 529 g/mol. The van der Waals surface area contributed by atoms with Crippen LogP contribution >= 0.6 is 0 Å². The van der Waals surface area contributed by atoms with Crippen molar-refractivity contribution in [1.29, 1.82) is 0 Å². The molecule has 0 saturated carbocycles. The fourth-order valence-corrected chi connectivity index (χ4v) is 3.85. The SMILES string of the molecule is NCCc1c[nH]c2ccccc12.O=C(NCCc1c[nH]c2ccccc12)c1ncn[nH]1.O=C(O)c1ncn[nH]1. The first kappa shape index (κ1) is 26.8. The lowest BCUT2D eigenvalue weighted by Crippen LogP contribution is -2.26. The van der Waals surface area contributed by atoms with E-state index in [1.54, 1.807) is 0 Å². The maximum absolute atomic E-state index is 11.6. The number of hydrogen-bond acceptors (Lipinski definition) is 7. The molecule has 4 aromatic heterocycles. The molecular formula is C26H28N10O3. The Morgan fingerprint density at radius 2 is 1.33 bits per heavy atom. The fourth-order valence-electron chi connectivity index (χ4n) is 3.85. The minimum Gasteiger partial charge on any atom is -0.475 e. The number of aromatic amines is 4. The third-order valence-corrected chi connectivity index (χ3v) is 5.69. The van der Waals surface area contributed by atoms with Crippen molar-refractivity contribution < 1.29 is 14.7 Å². The van der Waals surface area contributed by atoms with Gasteiger partial charge in [-0.2, -0.15) is 10.2 Å². The summed E-state index contributed by atoms with van der Waals surface area (Å²) in [6, 6.07) is 16.4. The number of aromatic nitrogens is 8. The second-order valence-corrected chi connectivity index (χ2v) is 8.24. The van der Waals surface area contributed by atoms with Gasteiger partial charge in [-0.25, -0.2) is 14.8 Å². The van der Waals surface area contributed by atoms with Gasteiger partial charge in [0.2, 0.25) is 11.6 Å². The summed E-state index contributed by atoms with van der Waals surface area (Å²) in [4.78, 5) is 35.1. The summed E-state index contributed by atoms with van der Waals surface area (Å²) in [6.07, 6.45) is 8.19. The lowest BCUT2D eigenvalue weighted by atomic mass is 10.1. The molecule has 6 aromatic rings. The van der Waals surface area contributed by atoms with Crippen molar-refractivity contribution in [2.24, 2.45) is 5.73 Å². The number of rotatable bonds is 7. The molecule has 6 rings (SSSR count). The monoisotopic (exact) mass is 528 g/mol. The first-order chi connectivity index (χ1) is 19.1. The van der Waals surface area contributed by atoms with E-state index in [1.165, 1.54) is 33.7 Å². The van der Waals surface area contributed by atoms with Gasteiger partial charge in [-0.1, -0.05) is 36.4 Å². The number of carboxylic acids is 1. The molecule has 4 heterocycles. The first-order valence-electron chi connectivity index (χ1n) is 12.1. The van der Waals surface area contributed by atoms with E-state index >= 15 is 0 Å². The van der Waals surface area contributed by atoms with Crippen LogP contribution < -0.4 is 11.1 Å². The maximum Gasteiger partial charge on any atom is 0.373 e. The van der Waals surface area contributed by atoms with Gasteiger partial charge in [0.15, 0.2) is 0 Å². The number of carbonyl (C=O) groups excluding carboxylic acids is 1. The first-order valence-corrected chi connectivity index (χ1v) is 12.1. The van der Waals surface area contributed by atoms with Crippen molar-refractivity contribution >= 4 is 33.7 Å². The number of nitrogens with zero attached hydrogens (tertiary/aromatic N) is 4. The van der Waals surface area contributed by atoms with Gasteiger partial charge in [-0.05, 0) is 42.6 Å². The fraction of sp³-hybridized carbons (Fsp3) is 0.154. The van der Waals surface area contributed by atoms with Crippen LogP contribution in [0.2, 0.25) is 0 Å². The van der Waals surface area contributed by atoms with E-state index in [0.29, 0.717) is 13.1 Å². The topological polar surface area (TPSA) is 207 Å². The molecule has 2 aromatic carbocycles. The van der Waals surface area contributed by atoms with Crippen molar-refractivity contribution in [2.75, 3.05) is 13.1 Å². The summed E-state index contributed by atoms with van der Waals surface area (Å²) in [5.41, 5.74) is 10.3. The molecule has 39 heavy (non-hydrogen) atoms. The van der Waals surface area contributed by atoms with Crippen LogP contribution in [0.25, 0.3) is 21.8 Å². The quantitative estimate of drug-likeness (QED) is 0.163. The van der Waals surface area contributed by atoms with E-state index in [4.69, 9.17) is 10.8 Å². The van der Waals surface area contributed by atoms with E-state index < -0.39 is 5.97 Å². The van der Waals surface area contributed by atoms with E-state index in [0.717, 1.165) is 24.7 Å². The second kappa shape index (κ2) is 13.3. The molecule has 13 heteroatoms. The van der Waals surface area contributed by atoms with Gasteiger partial charge in [0.1, 0.15) is 12.7 Å². The molecule has 0 unspecified atom stereocenters. The molecular weight excluding hydrogens is 500 g/mol. The van der Waals surface area contributed by atoms with Crippen molar-refractivity contribution in [3.05, 3.63) is 96.4 Å². The molecule has 0 fully saturated rings. The number of H-pyrrole nitrogens is 4. The van der Waals surface area contributed by atoms with E-state index in [9.17, 15) is 9.59 Å². The standard InChI is InChI=1S/C13H13N5O.C10H12N2.C3H3N3O2/c19-13(12-16-8-17-18-12)14-6-5-9-7-15-11-4-2-1-3-10(9)11;11-6-5-8-7-12-10-4-2-1-3-9(8)10;7-3(8)2-4-1-5-6-2/h1-4,7-8,15H,5-6H2,(H,14,19)(H,16,17,18);1-4,7,12H,5-6,11H2;1H,(H,7,8)(H,4,5,6). The summed E-state index contributed by atoms with van der Waals surface area (Å²) < 4.78 is 0. The minimum absolute atomic E-state index is 0.134. The number of fused-ring (bicyclic) bond motifs is 2. The number of nitrogens with two attached hydrogens (primary N) is 1. The van der Waals surface area contributed by atoms with Crippen LogP contribution in [0.5, 0.6) is 0 Å². The van der Waals surface area contributed by atoms with Crippen LogP contribution in [0.1, 0.15) is 32.4 Å². The normalized spacial score (nSPS) is 10.4. The van der Waals surface area contributed by atoms with Gasteiger partial charge < -0.3 is 26.1 Å². The zero-order chi connectivity index (χ0) is 27.5. The number of hydrogen-bond donors (Lipinski definition) is 7. The molecule has 0 saturated heterocycles. The van der Waals surface area contributed by atoms with Crippen molar-refractivity contribution in [3.8, 4) is 0 Å². The van der Waals surface area contributed by atoms with Crippen LogP contribution in [0.4, 0.5) is 0 Å². The smallest absolute Gasteiger partial charge is 0.373 e.